The standard InChI is InChI=1S/C14H20N2O3/c1-16(11-4-5-17-8-11)7-12(15)10-2-3-13-14(6-10)19-9-18-13/h2-3,6,11-12H,4-5,7-9,15H2,1H3. The highest BCUT2D eigenvalue weighted by atomic mass is 16.7. The van der Waals surface area contributed by atoms with E-state index in [1.54, 1.807) is 0 Å². The van der Waals surface area contributed by atoms with Crippen molar-refractivity contribution in [1.29, 1.82) is 0 Å². The van der Waals surface area contributed by atoms with Crippen LogP contribution in [0, 0.1) is 0 Å². The number of nitrogens with zero attached hydrogens (tertiary/aromatic N) is 1. The monoisotopic (exact) mass is 264 g/mol. The normalized spacial score (nSPS) is 23.0. The Bertz CT molecular complexity index is 446. The van der Waals surface area contributed by atoms with Crippen molar-refractivity contribution in [3.05, 3.63) is 23.8 Å². The van der Waals surface area contributed by atoms with Crippen LogP contribution in [0.4, 0.5) is 0 Å². The summed E-state index contributed by atoms with van der Waals surface area (Å²) in [5, 5.41) is 0. The maximum absolute atomic E-state index is 6.28. The third-order valence-electron chi connectivity index (χ3n) is 3.84. The lowest BCUT2D eigenvalue weighted by Crippen LogP contribution is -2.37. The van der Waals surface area contributed by atoms with Crippen molar-refractivity contribution in [2.75, 3.05) is 33.6 Å². The lowest BCUT2D eigenvalue weighted by atomic mass is 10.1. The predicted molar refractivity (Wildman–Crippen MR) is 71.3 cm³/mol. The highest BCUT2D eigenvalue weighted by molar-refractivity contribution is 5.45. The molecule has 0 aliphatic carbocycles. The van der Waals surface area contributed by atoms with E-state index in [-0.39, 0.29) is 6.04 Å². The minimum atomic E-state index is -0.0277. The molecule has 2 heterocycles. The van der Waals surface area contributed by atoms with E-state index in [1.165, 1.54) is 0 Å². The molecule has 2 unspecified atom stereocenters. The fraction of sp³-hybridized carbons (Fsp3) is 0.571. The Labute approximate surface area is 113 Å². The summed E-state index contributed by atoms with van der Waals surface area (Å²) in [5.74, 6) is 1.59. The fourth-order valence-corrected chi connectivity index (χ4v) is 2.58. The van der Waals surface area contributed by atoms with E-state index in [2.05, 4.69) is 11.9 Å². The summed E-state index contributed by atoms with van der Waals surface area (Å²) in [6.45, 7) is 2.78. The Morgan fingerprint density at radius 1 is 1.37 bits per heavy atom. The summed E-state index contributed by atoms with van der Waals surface area (Å²) in [7, 11) is 2.10. The molecule has 1 fully saturated rings. The molecule has 1 saturated heterocycles. The third kappa shape index (κ3) is 2.68. The van der Waals surface area contributed by atoms with Crippen molar-refractivity contribution >= 4 is 0 Å². The Kier molecular flexibility index (Phi) is 3.59. The molecule has 0 bridgehead atoms. The molecule has 0 amide bonds. The van der Waals surface area contributed by atoms with E-state index in [4.69, 9.17) is 19.9 Å². The van der Waals surface area contributed by atoms with Gasteiger partial charge in [-0.3, -0.25) is 4.90 Å². The fourth-order valence-electron chi connectivity index (χ4n) is 2.58. The number of benzene rings is 1. The van der Waals surface area contributed by atoms with Crippen LogP contribution >= 0.6 is 0 Å². The van der Waals surface area contributed by atoms with Crippen LogP contribution in [0.15, 0.2) is 18.2 Å². The zero-order chi connectivity index (χ0) is 13.2. The summed E-state index contributed by atoms with van der Waals surface area (Å²) in [4.78, 5) is 2.28. The van der Waals surface area contributed by atoms with Crippen LogP contribution in [0.2, 0.25) is 0 Å². The first-order chi connectivity index (χ1) is 9.24. The average molecular weight is 264 g/mol. The number of rotatable bonds is 4. The van der Waals surface area contributed by atoms with Gasteiger partial charge in [0.05, 0.1) is 6.61 Å². The molecule has 0 spiro atoms. The van der Waals surface area contributed by atoms with Gasteiger partial charge in [0, 0.05) is 25.2 Å². The number of likely N-dealkylation sites (N-methyl/N-ethyl adjacent to an activating group) is 1. The average Bonchev–Trinajstić information content (AvgIpc) is 3.09. The van der Waals surface area contributed by atoms with Crippen LogP contribution in [0.3, 0.4) is 0 Å². The quantitative estimate of drug-likeness (QED) is 0.883. The van der Waals surface area contributed by atoms with Gasteiger partial charge >= 0.3 is 0 Å². The summed E-state index contributed by atoms with van der Waals surface area (Å²) in [5.41, 5.74) is 7.36. The van der Waals surface area contributed by atoms with Crippen molar-refractivity contribution in [3.8, 4) is 11.5 Å². The van der Waals surface area contributed by atoms with E-state index in [9.17, 15) is 0 Å². The molecule has 0 saturated carbocycles. The van der Waals surface area contributed by atoms with Crippen molar-refractivity contribution in [3.63, 3.8) is 0 Å². The van der Waals surface area contributed by atoms with Crippen molar-refractivity contribution in [2.24, 2.45) is 5.73 Å². The molecule has 2 aliphatic rings. The van der Waals surface area contributed by atoms with Crippen LogP contribution in [-0.2, 0) is 4.74 Å². The summed E-state index contributed by atoms with van der Waals surface area (Å²) < 4.78 is 16.1. The molecular formula is C14H20N2O3. The molecule has 0 radical (unpaired) electrons. The minimum Gasteiger partial charge on any atom is -0.454 e. The van der Waals surface area contributed by atoms with Gasteiger partial charge in [-0.05, 0) is 31.2 Å². The highest BCUT2D eigenvalue weighted by Crippen LogP contribution is 2.34. The first-order valence-corrected chi connectivity index (χ1v) is 6.67. The zero-order valence-corrected chi connectivity index (χ0v) is 11.2. The van der Waals surface area contributed by atoms with Crippen LogP contribution in [0.25, 0.3) is 0 Å². The van der Waals surface area contributed by atoms with E-state index in [1.807, 2.05) is 18.2 Å². The number of ether oxygens (including phenoxy) is 3. The minimum absolute atomic E-state index is 0.0277. The van der Waals surface area contributed by atoms with Crippen LogP contribution in [-0.4, -0.2) is 44.5 Å². The van der Waals surface area contributed by atoms with Crippen molar-refractivity contribution < 1.29 is 14.2 Å². The Morgan fingerprint density at radius 3 is 3.00 bits per heavy atom. The molecular weight excluding hydrogens is 244 g/mol. The second-order valence-electron chi connectivity index (χ2n) is 5.18. The highest BCUT2D eigenvalue weighted by Gasteiger charge is 2.23. The van der Waals surface area contributed by atoms with Gasteiger partial charge in [0.15, 0.2) is 11.5 Å². The summed E-state index contributed by atoms with van der Waals surface area (Å²) in [6, 6.07) is 6.37. The SMILES string of the molecule is CN(CC(N)c1ccc2c(c1)OCO2)C1CCOC1. The molecule has 1 aromatic rings. The van der Waals surface area contributed by atoms with Gasteiger partial charge in [-0.1, -0.05) is 6.07 Å². The topological polar surface area (TPSA) is 57.0 Å². The Balaban J connectivity index is 1.64. The van der Waals surface area contributed by atoms with Crippen molar-refractivity contribution in [2.45, 2.75) is 18.5 Å². The van der Waals surface area contributed by atoms with E-state index < -0.39 is 0 Å². The van der Waals surface area contributed by atoms with E-state index in [0.29, 0.717) is 12.8 Å². The van der Waals surface area contributed by atoms with Gasteiger partial charge in [-0.2, -0.15) is 0 Å². The zero-order valence-electron chi connectivity index (χ0n) is 11.2. The lowest BCUT2D eigenvalue weighted by Gasteiger charge is -2.26. The van der Waals surface area contributed by atoms with E-state index in [0.717, 1.165) is 43.2 Å². The lowest BCUT2D eigenvalue weighted by molar-refractivity contribution is 0.156. The number of hydrogen-bond donors (Lipinski definition) is 1. The maximum atomic E-state index is 6.28. The van der Waals surface area contributed by atoms with Gasteiger partial charge in [0.2, 0.25) is 6.79 Å². The van der Waals surface area contributed by atoms with Gasteiger partial charge in [0.25, 0.3) is 0 Å². The molecule has 1 aromatic carbocycles. The largest absolute Gasteiger partial charge is 0.454 e. The summed E-state index contributed by atoms with van der Waals surface area (Å²) in [6.07, 6.45) is 1.09. The smallest absolute Gasteiger partial charge is 0.231 e. The molecule has 5 nitrogen and oxygen atoms in total. The van der Waals surface area contributed by atoms with Gasteiger partial charge < -0.3 is 19.9 Å². The molecule has 2 aliphatic heterocycles. The number of fused-ring (bicyclic) bond motifs is 1. The van der Waals surface area contributed by atoms with E-state index >= 15 is 0 Å². The van der Waals surface area contributed by atoms with Gasteiger partial charge in [0.1, 0.15) is 0 Å². The molecule has 5 heteroatoms. The Hall–Kier alpha value is -1.30. The number of nitrogens with two attached hydrogens (primary N) is 1. The van der Waals surface area contributed by atoms with Crippen LogP contribution < -0.4 is 15.2 Å². The molecule has 2 N–H and O–H groups in total. The molecule has 19 heavy (non-hydrogen) atoms. The molecule has 2 atom stereocenters. The van der Waals surface area contributed by atoms with Crippen molar-refractivity contribution in [1.82, 2.24) is 4.90 Å². The Morgan fingerprint density at radius 2 is 2.21 bits per heavy atom. The van der Waals surface area contributed by atoms with Crippen LogP contribution in [0.1, 0.15) is 18.0 Å². The van der Waals surface area contributed by atoms with Gasteiger partial charge in [-0.15, -0.1) is 0 Å². The predicted octanol–water partition coefficient (Wildman–Crippen LogP) is 1.14. The molecule has 3 rings (SSSR count). The first-order valence-electron chi connectivity index (χ1n) is 6.67. The van der Waals surface area contributed by atoms with Crippen LogP contribution in [0.5, 0.6) is 11.5 Å². The molecule has 0 aromatic heterocycles. The third-order valence-corrected chi connectivity index (χ3v) is 3.84. The maximum Gasteiger partial charge on any atom is 0.231 e. The second-order valence-corrected chi connectivity index (χ2v) is 5.18. The first kappa shape index (κ1) is 12.7. The van der Waals surface area contributed by atoms with Gasteiger partial charge in [-0.25, -0.2) is 0 Å². The number of hydrogen-bond acceptors (Lipinski definition) is 5. The molecule has 104 valence electrons. The second kappa shape index (κ2) is 5.36. The summed E-state index contributed by atoms with van der Waals surface area (Å²) >= 11 is 0.